The molecule has 0 fully saturated rings. The minimum absolute atomic E-state index is 0. The summed E-state index contributed by atoms with van der Waals surface area (Å²) in [6, 6.07) is 0. The lowest BCUT2D eigenvalue weighted by molar-refractivity contribution is 0.933. The van der Waals surface area contributed by atoms with Crippen LogP contribution in [0.4, 0.5) is 0 Å². The Bertz CT molecular complexity index is 116. The molecule has 0 bridgehead atoms. The molecule has 0 saturated carbocycles. The first-order valence-electron chi connectivity index (χ1n) is 1.41. The van der Waals surface area contributed by atoms with Crippen molar-refractivity contribution in [3.63, 3.8) is 0 Å². The lowest BCUT2D eigenvalue weighted by Gasteiger charge is -1.59. The highest BCUT2D eigenvalue weighted by Crippen LogP contribution is 1.90. The maximum absolute atomic E-state index is 3.67. The van der Waals surface area contributed by atoms with Crippen LogP contribution in [0.3, 0.4) is 0 Å². The van der Waals surface area contributed by atoms with Gasteiger partial charge in [-0.05, 0) is 22.6 Å². The van der Waals surface area contributed by atoms with Gasteiger partial charge in [-0.1, -0.05) is 0 Å². The highest BCUT2D eigenvalue weighted by Gasteiger charge is 1.79. The van der Waals surface area contributed by atoms with Gasteiger partial charge in [-0.2, -0.15) is 15.4 Å². The van der Waals surface area contributed by atoms with E-state index in [0.717, 1.165) is 3.70 Å². The summed E-state index contributed by atoms with van der Waals surface area (Å²) >= 11 is 2.07. The average molecular weight is 231 g/mol. The normalized spacial score (nSPS) is 7.57. The maximum Gasteiger partial charge on any atom is 0.143 e. The summed E-state index contributed by atoms with van der Waals surface area (Å²) in [6.07, 6.45) is 1.65. The van der Waals surface area contributed by atoms with Crippen molar-refractivity contribution in [1.29, 1.82) is 0 Å². The van der Waals surface area contributed by atoms with Gasteiger partial charge < -0.3 is 0 Å². The molecular formula is C2H3ClIN3. The van der Waals surface area contributed by atoms with Gasteiger partial charge in [0.1, 0.15) is 3.70 Å². The van der Waals surface area contributed by atoms with E-state index in [1.54, 1.807) is 6.20 Å². The smallest absolute Gasteiger partial charge is 0.143 e. The molecule has 0 radical (unpaired) electrons. The zero-order chi connectivity index (χ0) is 4.41. The quantitative estimate of drug-likeness (QED) is 0.672. The van der Waals surface area contributed by atoms with Gasteiger partial charge in [0.15, 0.2) is 0 Å². The van der Waals surface area contributed by atoms with Crippen molar-refractivity contribution in [3.8, 4) is 0 Å². The van der Waals surface area contributed by atoms with E-state index in [1.165, 1.54) is 0 Å². The average Bonchev–Trinajstić information content (AvgIpc) is 1.86. The summed E-state index contributed by atoms with van der Waals surface area (Å²) in [5.41, 5.74) is 0. The Morgan fingerprint density at radius 3 is 2.57 bits per heavy atom. The largest absolute Gasteiger partial charge is 0.197 e. The van der Waals surface area contributed by atoms with E-state index in [9.17, 15) is 0 Å². The molecule has 0 aromatic carbocycles. The van der Waals surface area contributed by atoms with E-state index in [1.807, 2.05) is 0 Å². The van der Waals surface area contributed by atoms with Crippen LogP contribution in [0.1, 0.15) is 0 Å². The van der Waals surface area contributed by atoms with E-state index in [-0.39, 0.29) is 12.4 Å². The third kappa shape index (κ3) is 2.08. The molecular weight excluding hydrogens is 228 g/mol. The van der Waals surface area contributed by atoms with Gasteiger partial charge in [-0.25, -0.2) is 0 Å². The highest BCUT2D eigenvalue weighted by atomic mass is 127. The number of nitrogens with one attached hydrogen (secondary N) is 1. The Labute approximate surface area is 60.4 Å². The Kier molecular flexibility index (Phi) is 3.27. The van der Waals surface area contributed by atoms with Crippen LogP contribution in [0.2, 0.25) is 0 Å². The minimum Gasteiger partial charge on any atom is -0.197 e. The molecule has 0 aliphatic carbocycles. The van der Waals surface area contributed by atoms with Gasteiger partial charge in [0.25, 0.3) is 0 Å². The van der Waals surface area contributed by atoms with Crippen LogP contribution in [-0.2, 0) is 0 Å². The van der Waals surface area contributed by atoms with Gasteiger partial charge in [-0.3, -0.25) is 0 Å². The number of hydrogen-bond donors (Lipinski definition) is 1. The summed E-state index contributed by atoms with van der Waals surface area (Å²) in [5, 5.41) is 9.67. The van der Waals surface area contributed by atoms with E-state index in [2.05, 4.69) is 38.0 Å². The molecule has 3 nitrogen and oxygen atoms in total. The van der Waals surface area contributed by atoms with Crippen LogP contribution >= 0.6 is 35.0 Å². The highest BCUT2D eigenvalue weighted by molar-refractivity contribution is 14.1. The SMILES string of the molecule is Cl.Ic1cn[nH]n1. The second-order valence-corrected chi connectivity index (χ2v) is 1.90. The Morgan fingerprint density at radius 2 is 2.43 bits per heavy atom. The van der Waals surface area contributed by atoms with Crippen molar-refractivity contribution in [2.45, 2.75) is 0 Å². The molecule has 0 saturated heterocycles. The number of halogens is 2. The fraction of sp³-hybridized carbons (Fsp3) is 0. The Hall–Kier alpha value is 0.160. The fourth-order valence-corrected chi connectivity index (χ4v) is 0.435. The van der Waals surface area contributed by atoms with Gasteiger partial charge in [-0.15, -0.1) is 12.4 Å². The predicted octanol–water partition coefficient (Wildman–Crippen LogP) is 0.831. The van der Waals surface area contributed by atoms with E-state index in [4.69, 9.17) is 0 Å². The van der Waals surface area contributed by atoms with Crippen LogP contribution in [0.15, 0.2) is 6.20 Å². The molecule has 0 unspecified atom stereocenters. The molecule has 0 amide bonds. The fourth-order valence-electron chi connectivity index (χ4n) is 0.188. The van der Waals surface area contributed by atoms with E-state index >= 15 is 0 Å². The van der Waals surface area contributed by atoms with Gasteiger partial charge in [0, 0.05) is 0 Å². The minimum atomic E-state index is 0. The van der Waals surface area contributed by atoms with Crippen molar-refractivity contribution < 1.29 is 0 Å². The van der Waals surface area contributed by atoms with Crippen molar-refractivity contribution in [1.82, 2.24) is 15.4 Å². The van der Waals surface area contributed by atoms with Crippen LogP contribution in [0, 0.1) is 3.70 Å². The first kappa shape index (κ1) is 7.16. The monoisotopic (exact) mass is 231 g/mol. The van der Waals surface area contributed by atoms with E-state index in [0.29, 0.717) is 0 Å². The van der Waals surface area contributed by atoms with Crippen molar-refractivity contribution in [3.05, 3.63) is 9.90 Å². The van der Waals surface area contributed by atoms with Crippen LogP contribution in [0.5, 0.6) is 0 Å². The van der Waals surface area contributed by atoms with E-state index < -0.39 is 0 Å². The summed E-state index contributed by atoms with van der Waals surface area (Å²) in [4.78, 5) is 0. The predicted molar refractivity (Wildman–Crippen MR) is 36.3 cm³/mol. The molecule has 1 heterocycles. The molecule has 40 valence electrons. The van der Waals surface area contributed by atoms with Crippen molar-refractivity contribution in [2.24, 2.45) is 0 Å². The molecule has 0 spiro atoms. The molecule has 1 N–H and O–H groups in total. The van der Waals surface area contributed by atoms with Crippen LogP contribution < -0.4 is 0 Å². The number of nitrogens with zero attached hydrogens (tertiary/aromatic N) is 2. The molecule has 1 aromatic rings. The summed E-state index contributed by atoms with van der Waals surface area (Å²) < 4.78 is 0.896. The molecule has 0 atom stereocenters. The zero-order valence-electron chi connectivity index (χ0n) is 3.26. The van der Waals surface area contributed by atoms with Gasteiger partial charge in [0.05, 0.1) is 6.20 Å². The second-order valence-electron chi connectivity index (χ2n) is 0.793. The number of H-pyrrole nitrogens is 1. The van der Waals surface area contributed by atoms with Gasteiger partial charge in [0.2, 0.25) is 0 Å². The number of aromatic amines is 1. The summed E-state index contributed by atoms with van der Waals surface area (Å²) in [6.45, 7) is 0. The summed E-state index contributed by atoms with van der Waals surface area (Å²) in [5.74, 6) is 0. The first-order chi connectivity index (χ1) is 2.89. The Morgan fingerprint density at radius 1 is 1.71 bits per heavy atom. The van der Waals surface area contributed by atoms with Gasteiger partial charge >= 0.3 is 0 Å². The zero-order valence-corrected chi connectivity index (χ0v) is 6.23. The summed E-state index contributed by atoms with van der Waals surface area (Å²) in [7, 11) is 0. The number of aromatic nitrogens is 3. The van der Waals surface area contributed by atoms with Crippen LogP contribution in [0.25, 0.3) is 0 Å². The van der Waals surface area contributed by atoms with Crippen LogP contribution in [-0.4, -0.2) is 15.4 Å². The molecule has 1 rings (SSSR count). The van der Waals surface area contributed by atoms with Crippen molar-refractivity contribution >= 4 is 35.0 Å². The molecule has 0 aliphatic heterocycles. The number of hydrogen-bond acceptors (Lipinski definition) is 2. The third-order valence-corrected chi connectivity index (χ3v) is 0.905. The third-order valence-electron chi connectivity index (χ3n) is 0.386. The maximum atomic E-state index is 3.67. The standard InChI is InChI=1S/C2H2IN3.ClH/c3-2-1-4-6-5-2;/h1H,(H,4,5,6);1H. The lowest BCUT2D eigenvalue weighted by atomic mass is 11.0. The molecule has 7 heavy (non-hydrogen) atoms. The van der Waals surface area contributed by atoms with Crippen molar-refractivity contribution in [2.75, 3.05) is 0 Å². The Balaban J connectivity index is 0.000000360. The molecule has 5 heteroatoms. The molecule has 0 aliphatic rings. The first-order valence-corrected chi connectivity index (χ1v) is 2.49. The second kappa shape index (κ2) is 3.20. The topological polar surface area (TPSA) is 41.6 Å². The lowest BCUT2D eigenvalue weighted by Crippen LogP contribution is -1.66. The molecule has 1 aromatic heterocycles. The number of rotatable bonds is 0.